The largest absolute Gasteiger partial charge is 0.485 e. The van der Waals surface area contributed by atoms with Gasteiger partial charge in [0.1, 0.15) is 6.61 Å². The van der Waals surface area contributed by atoms with E-state index in [2.05, 4.69) is 4.98 Å². The Kier molecular flexibility index (Phi) is 5.21. The van der Waals surface area contributed by atoms with Gasteiger partial charge in [-0.2, -0.15) is 0 Å². The van der Waals surface area contributed by atoms with Gasteiger partial charge in [-0.3, -0.25) is 14.7 Å². The number of halogens is 1. The molecule has 3 heterocycles. The fourth-order valence-corrected chi connectivity index (χ4v) is 4.74. The van der Waals surface area contributed by atoms with Crippen molar-refractivity contribution in [2.75, 3.05) is 11.5 Å². The summed E-state index contributed by atoms with van der Waals surface area (Å²) in [7, 11) is 0. The molecule has 8 heteroatoms. The van der Waals surface area contributed by atoms with Crippen molar-refractivity contribution < 1.29 is 14.3 Å². The first-order chi connectivity index (χ1) is 15.1. The zero-order chi connectivity index (χ0) is 21.4. The highest BCUT2D eigenvalue weighted by molar-refractivity contribution is 7.23. The summed E-state index contributed by atoms with van der Waals surface area (Å²) in [6.45, 7) is 2.36. The number of amides is 1. The number of anilines is 1. The second kappa shape index (κ2) is 8.17. The number of pyridine rings is 1. The van der Waals surface area contributed by atoms with E-state index in [9.17, 15) is 4.79 Å². The van der Waals surface area contributed by atoms with E-state index in [1.165, 1.54) is 11.3 Å². The molecule has 1 amide bonds. The predicted molar refractivity (Wildman–Crippen MR) is 121 cm³/mol. The maximum atomic E-state index is 13.6. The molecule has 2 aromatic carbocycles. The zero-order valence-electron chi connectivity index (χ0n) is 16.6. The number of benzene rings is 2. The molecule has 0 aliphatic carbocycles. The van der Waals surface area contributed by atoms with E-state index in [0.717, 1.165) is 21.5 Å². The number of carbonyl (C=O) groups excluding carboxylic acids is 1. The number of hydrogen-bond acceptors (Lipinski definition) is 6. The summed E-state index contributed by atoms with van der Waals surface area (Å²) in [4.78, 5) is 24.3. The first kappa shape index (κ1) is 19.8. The molecule has 4 aromatic rings. The molecular formula is C23H18ClN3O3S. The van der Waals surface area contributed by atoms with Gasteiger partial charge in [0, 0.05) is 6.20 Å². The molecule has 156 valence electrons. The quantitative estimate of drug-likeness (QED) is 0.435. The lowest BCUT2D eigenvalue weighted by molar-refractivity contribution is -0.127. The van der Waals surface area contributed by atoms with Gasteiger partial charge in [0.2, 0.25) is 6.10 Å². The predicted octanol–water partition coefficient (Wildman–Crippen LogP) is 5.03. The van der Waals surface area contributed by atoms with Crippen LogP contribution in [0.15, 0.2) is 60.8 Å². The number of ether oxygens (including phenoxy) is 2. The highest BCUT2D eigenvalue weighted by Gasteiger charge is 2.33. The Bertz CT molecular complexity index is 1220. The zero-order valence-corrected chi connectivity index (χ0v) is 18.2. The smallest absolute Gasteiger partial charge is 0.273 e. The summed E-state index contributed by atoms with van der Waals surface area (Å²) in [6, 6.07) is 16.7. The molecule has 0 radical (unpaired) electrons. The molecule has 0 fully saturated rings. The van der Waals surface area contributed by atoms with Crippen molar-refractivity contribution in [1.82, 2.24) is 9.97 Å². The van der Waals surface area contributed by atoms with Crippen molar-refractivity contribution in [2.45, 2.75) is 19.6 Å². The minimum Gasteiger partial charge on any atom is -0.485 e. The highest BCUT2D eigenvalue weighted by atomic mass is 35.5. The summed E-state index contributed by atoms with van der Waals surface area (Å²) in [6.07, 6.45) is 0.913. The van der Waals surface area contributed by atoms with Crippen LogP contribution in [0.1, 0.15) is 11.3 Å². The van der Waals surface area contributed by atoms with E-state index in [-0.39, 0.29) is 19.1 Å². The van der Waals surface area contributed by atoms with Gasteiger partial charge in [-0.15, -0.1) is 0 Å². The second-order valence-electron chi connectivity index (χ2n) is 7.15. The van der Waals surface area contributed by atoms with Crippen LogP contribution in [0.5, 0.6) is 11.5 Å². The fraction of sp³-hybridized carbons (Fsp3) is 0.174. The molecule has 31 heavy (non-hydrogen) atoms. The van der Waals surface area contributed by atoms with Gasteiger partial charge in [-0.05, 0) is 42.8 Å². The van der Waals surface area contributed by atoms with Crippen molar-refractivity contribution in [1.29, 1.82) is 0 Å². The summed E-state index contributed by atoms with van der Waals surface area (Å²) in [5.41, 5.74) is 2.53. The molecule has 6 nitrogen and oxygen atoms in total. The minimum absolute atomic E-state index is 0.124. The summed E-state index contributed by atoms with van der Waals surface area (Å²) in [5, 5.41) is 1.16. The van der Waals surface area contributed by atoms with Crippen molar-refractivity contribution in [3.8, 4) is 11.5 Å². The first-order valence-electron chi connectivity index (χ1n) is 9.75. The van der Waals surface area contributed by atoms with Crippen LogP contribution in [-0.4, -0.2) is 28.6 Å². The Morgan fingerprint density at radius 1 is 1.16 bits per heavy atom. The molecular weight excluding hydrogens is 434 g/mol. The van der Waals surface area contributed by atoms with E-state index in [0.29, 0.717) is 21.7 Å². The van der Waals surface area contributed by atoms with Gasteiger partial charge in [0.05, 0.1) is 27.5 Å². The van der Waals surface area contributed by atoms with Crippen LogP contribution in [0.3, 0.4) is 0 Å². The summed E-state index contributed by atoms with van der Waals surface area (Å²) in [5.74, 6) is 0.936. The molecule has 1 aliphatic heterocycles. The van der Waals surface area contributed by atoms with Gasteiger partial charge in [0.15, 0.2) is 16.6 Å². The number of rotatable bonds is 4. The fourth-order valence-electron chi connectivity index (χ4n) is 3.41. The van der Waals surface area contributed by atoms with E-state index < -0.39 is 6.10 Å². The molecule has 0 saturated heterocycles. The molecule has 0 N–H and O–H groups in total. The normalized spacial score (nSPS) is 15.1. The van der Waals surface area contributed by atoms with E-state index in [1.54, 1.807) is 17.2 Å². The molecule has 5 rings (SSSR count). The lowest BCUT2D eigenvalue weighted by atomic mass is 10.2. The van der Waals surface area contributed by atoms with E-state index in [4.69, 9.17) is 26.1 Å². The van der Waals surface area contributed by atoms with Crippen molar-refractivity contribution in [2.24, 2.45) is 0 Å². The van der Waals surface area contributed by atoms with Crippen LogP contribution >= 0.6 is 22.9 Å². The van der Waals surface area contributed by atoms with E-state index >= 15 is 0 Å². The topological polar surface area (TPSA) is 64.6 Å². The molecule has 2 aromatic heterocycles. The maximum Gasteiger partial charge on any atom is 0.273 e. The molecule has 0 saturated carbocycles. The lowest BCUT2D eigenvalue weighted by Crippen LogP contribution is -2.46. The number of aromatic nitrogens is 2. The number of fused-ring (bicyclic) bond motifs is 2. The average molecular weight is 452 g/mol. The van der Waals surface area contributed by atoms with Crippen LogP contribution in [0, 0.1) is 6.92 Å². The van der Waals surface area contributed by atoms with Gasteiger partial charge in [-0.25, -0.2) is 4.98 Å². The Morgan fingerprint density at radius 3 is 2.74 bits per heavy atom. The number of hydrogen-bond donors (Lipinski definition) is 0. The number of aryl methyl sites for hydroxylation is 1. The van der Waals surface area contributed by atoms with Crippen molar-refractivity contribution in [3.05, 3.63) is 77.1 Å². The van der Waals surface area contributed by atoms with Crippen LogP contribution in [0.4, 0.5) is 5.13 Å². The average Bonchev–Trinajstić information content (AvgIpc) is 3.26. The van der Waals surface area contributed by atoms with Crippen LogP contribution in [-0.2, 0) is 11.3 Å². The summed E-state index contributed by atoms with van der Waals surface area (Å²) < 4.78 is 12.6. The maximum absolute atomic E-state index is 13.6. The third-order valence-corrected chi connectivity index (χ3v) is 6.55. The number of nitrogens with zero attached hydrogens (tertiary/aromatic N) is 3. The second-order valence-corrected chi connectivity index (χ2v) is 8.53. The Balaban J connectivity index is 1.53. The third kappa shape index (κ3) is 3.82. The van der Waals surface area contributed by atoms with E-state index in [1.807, 2.05) is 55.5 Å². The monoisotopic (exact) mass is 451 g/mol. The van der Waals surface area contributed by atoms with Gasteiger partial charge < -0.3 is 9.47 Å². The molecule has 0 spiro atoms. The van der Waals surface area contributed by atoms with Gasteiger partial charge in [-0.1, -0.05) is 47.2 Å². The number of carbonyl (C=O) groups is 1. The van der Waals surface area contributed by atoms with Crippen LogP contribution in [0.2, 0.25) is 5.02 Å². The van der Waals surface area contributed by atoms with Crippen LogP contribution in [0.25, 0.3) is 10.2 Å². The minimum atomic E-state index is -0.790. The standard InChI is InChI=1S/C23H18ClN3O3S/c1-14-9-10-16(24)21-20(14)26-23(31-21)27(12-15-6-4-5-11-25-15)22(28)19-13-29-17-7-2-3-8-18(17)30-19/h2-11,19H,12-13H2,1H3. The van der Waals surface area contributed by atoms with Crippen molar-refractivity contribution in [3.63, 3.8) is 0 Å². The third-order valence-electron chi connectivity index (χ3n) is 5.01. The van der Waals surface area contributed by atoms with Gasteiger partial charge >= 0.3 is 0 Å². The first-order valence-corrected chi connectivity index (χ1v) is 10.9. The Hall–Kier alpha value is -3.16. The van der Waals surface area contributed by atoms with Crippen LogP contribution < -0.4 is 14.4 Å². The number of thiazole rings is 1. The van der Waals surface area contributed by atoms with Crippen molar-refractivity contribution >= 4 is 44.2 Å². The molecule has 0 bridgehead atoms. The Morgan fingerprint density at radius 2 is 1.97 bits per heavy atom. The Labute approximate surface area is 188 Å². The SMILES string of the molecule is Cc1ccc(Cl)c2sc(N(Cc3ccccn3)C(=O)C3COc4ccccc4O3)nc12. The molecule has 1 unspecified atom stereocenters. The number of para-hydroxylation sites is 2. The molecule has 1 aliphatic rings. The van der Waals surface area contributed by atoms with Gasteiger partial charge in [0.25, 0.3) is 5.91 Å². The summed E-state index contributed by atoms with van der Waals surface area (Å²) >= 11 is 7.78. The molecule has 1 atom stereocenters. The highest BCUT2D eigenvalue weighted by Crippen LogP contribution is 2.37. The lowest BCUT2D eigenvalue weighted by Gasteiger charge is -2.29.